The molecule has 3 aromatic rings. The Morgan fingerprint density at radius 1 is 1.06 bits per heavy atom. The van der Waals surface area contributed by atoms with Crippen LogP contribution in [-0.2, 0) is 6.18 Å². The Labute approximate surface area is 181 Å². The molecule has 168 valence electrons. The number of hydrogen-bond acceptors (Lipinski definition) is 6. The maximum Gasteiger partial charge on any atom is 0.416 e. The van der Waals surface area contributed by atoms with Crippen LogP contribution in [-0.4, -0.2) is 33.8 Å². The minimum absolute atomic E-state index is 0.0149. The van der Waals surface area contributed by atoms with Gasteiger partial charge >= 0.3 is 12.2 Å². The van der Waals surface area contributed by atoms with E-state index in [4.69, 9.17) is 4.74 Å². The zero-order valence-electron chi connectivity index (χ0n) is 16.8. The van der Waals surface area contributed by atoms with Gasteiger partial charge in [-0.3, -0.25) is 0 Å². The highest BCUT2D eigenvalue weighted by Crippen LogP contribution is 2.30. The molecule has 0 saturated heterocycles. The number of anilines is 3. The fraction of sp³-hybridized carbons (Fsp3) is 0.190. The Morgan fingerprint density at radius 3 is 2.47 bits per heavy atom. The summed E-state index contributed by atoms with van der Waals surface area (Å²) in [5.74, 6) is 1.20. The van der Waals surface area contributed by atoms with E-state index >= 15 is 0 Å². The van der Waals surface area contributed by atoms with Crippen molar-refractivity contribution in [1.29, 1.82) is 0 Å². The van der Waals surface area contributed by atoms with Gasteiger partial charge < -0.3 is 25.8 Å². The molecule has 11 heteroatoms. The third-order valence-corrected chi connectivity index (χ3v) is 4.00. The third-order valence-electron chi connectivity index (χ3n) is 4.00. The molecule has 0 saturated carbocycles. The Balaban J connectivity index is 1.57. The summed E-state index contributed by atoms with van der Waals surface area (Å²) in [6.07, 6.45) is -3.73. The largest absolute Gasteiger partial charge is 0.439 e. The number of aliphatic hydroxyl groups excluding tert-OH is 1. The molecule has 3 rings (SSSR count). The lowest BCUT2D eigenvalue weighted by Gasteiger charge is -2.11. The first-order valence-electron chi connectivity index (χ1n) is 9.46. The van der Waals surface area contributed by atoms with Gasteiger partial charge in [0.05, 0.1) is 11.7 Å². The van der Waals surface area contributed by atoms with E-state index in [9.17, 15) is 23.1 Å². The summed E-state index contributed by atoms with van der Waals surface area (Å²) in [5.41, 5.74) is -0.435. The molecule has 8 nitrogen and oxygen atoms in total. The van der Waals surface area contributed by atoms with Gasteiger partial charge in [0, 0.05) is 24.0 Å². The molecule has 0 aliphatic heterocycles. The van der Waals surface area contributed by atoms with Gasteiger partial charge in [0.25, 0.3) is 0 Å². The first-order valence-corrected chi connectivity index (χ1v) is 9.46. The minimum atomic E-state index is -4.50. The average molecular weight is 447 g/mol. The molecule has 4 N–H and O–H groups in total. The van der Waals surface area contributed by atoms with Crippen molar-refractivity contribution in [1.82, 2.24) is 9.97 Å². The second kappa shape index (κ2) is 9.96. The van der Waals surface area contributed by atoms with E-state index in [0.717, 1.165) is 12.1 Å². The first kappa shape index (κ1) is 22.8. The molecule has 1 heterocycles. The normalized spacial score (nSPS) is 12.0. The van der Waals surface area contributed by atoms with E-state index in [-0.39, 0.29) is 11.6 Å². The number of urea groups is 1. The van der Waals surface area contributed by atoms with Crippen molar-refractivity contribution in [2.45, 2.75) is 19.2 Å². The fourth-order valence-corrected chi connectivity index (χ4v) is 2.54. The van der Waals surface area contributed by atoms with Crippen LogP contribution in [0, 0.1) is 0 Å². The highest BCUT2D eigenvalue weighted by Gasteiger charge is 2.30. The SMILES string of the molecule is C[C@@H](O)CNc1cc(Oc2ccc(NC(=O)Nc3cccc(C(F)(F)F)c3)cc2)ncn1. The van der Waals surface area contributed by atoms with Gasteiger partial charge in [-0.15, -0.1) is 0 Å². The van der Waals surface area contributed by atoms with Gasteiger partial charge in [-0.05, 0) is 49.4 Å². The Kier molecular flexibility index (Phi) is 7.11. The molecule has 2 amide bonds. The van der Waals surface area contributed by atoms with E-state index in [0.29, 0.717) is 23.8 Å². The number of rotatable bonds is 7. The zero-order valence-corrected chi connectivity index (χ0v) is 16.8. The van der Waals surface area contributed by atoms with Crippen LogP contribution in [0.2, 0.25) is 0 Å². The van der Waals surface area contributed by atoms with Crippen molar-refractivity contribution in [3.8, 4) is 11.6 Å². The maximum atomic E-state index is 12.8. The molecular weight excluding hydrogens is 427 g/mol. The van der Waals surface area contributed by atoms with Gasteiger partial charge in [-0.25, -0.2) is 14.8 Å². The summed E-state index contributed by atoms with van der Waals surface area (Å²) in [6.45, 7) is 1.96. The van der Waals surface area contributed by atoms with E-state index in [2.05, 4.69) is 25.9 Å². The second-order valence-electron chi connectivity index (χ2n) is 6.76. The van der Waals surface area contributed by atoms with Crippen molar-refractivity contribution in [3.05, 3.63) is 66.5 Å². The highest BCUT2D eigenvalue weighted by molar-refractivity contribution is 5.99. The monoisotopic (exact) mass is 447 g/mol. The molecule has 0 spiro atoms. The molecule has 32 heavy (non-hydrogen) atoms. The number of alkyl halides is 3. The number of aromatic nitrogens is 2. The predicted octanol–water partition coefficient (Wildman–Crippen LogP) is 4.72. The Morgan fingerprint density at radius 2 is 1.78 bits per heavy atom. The Bertz CT molecular complexity index is 1060. The molecule has 0 aliphatic rings. The topological polar surface area (TPSA) is 108 Å². The van der Waals surface area contributed by atoms with Crippen LogP contribution in [0.15, 0.2) is 60.9 Å². The number of nitrogens with zero attached hydrogens (tertiary/aromatic N) is 2. The lowest BCUT2D eigenvalue weighted by molar-refractivity contribution is -0.137. The standard InChI is InChI=1S/C21H20F3N5O3/c1-13(30)11-25-18-10-19(27-12-26-18)32-17-7-5-15(6-8-17)28-20(31)29-16-4-2-3-14(9-16)21(22,23)24/h2-10,12-13,30H,11H2,1H3,(H,25,26,27)(H2,28,29,31)/t13-/m1/s1. The van der Waals surface area contributed by atoms with Crippen molar-refractivity contribution < 1.29 is 27.8 Å². The fourth-order valence-electron chi connectivity index (χ4n) is 2.54. The average Bonchev–Trinajstić information content (AvgIpc) is 2.73. The molecule has 0 unspecified atom stereocenters. The molecule has 0 bridgehead atoms. The van der Waals surface area contributed by atoms with E-state index in [1.54, 1.807) is 37.3 Å². The summed E-state index contributed by atoms with van der Waals surface area (Å²) < 4.78 is 44.0. The number of ether oxygens (including phenoxy) is 1. The number of aliphatic hydroxyl groups is 1. The van der Waals surface area contributed by atoms with Crippen molar-refractivity contribution in [3.63, 3.8) is 0 Å². The van der Waals surface area contributed by atoms with Crippen molar-refractivity contribution in [2.75, 3.05) is 22.5 Å². The quantitative estimate of drug-likeness (QED) is 0.417. The van der Waals surface area contributed by atoms with Crippen LogP contribution in [0.5, 0.6) is 11.6 Å². The summed E-state index contributed by atoms with van der Waals surface area (Å²) in [5, 5.41) is 17.1. The molecule has 2 aromatic carbocycles. The van der Waals surface area contributed by atoms with Gasteiger partial charge in [0.1, 0.15) is 17.9 Å². The summed E-state index contributed by atoms with van der Waals surface area (Å²) in [4.78, 5) is 20.1. The molecule has 0 aliphatic carbocycles. The van der Waals surface area contributed by atoms with Crippen molar-refractivity contribution in [2.24, 2.45) is 0 Å². The number of amides is 2. The smallest absolute Gasteiger partial charge is 0.416 e. The van der Waals surface area contributed by atoms with Crippen LogP contribution in [0.25, 0.3) is 0 Å². The van der Waals surface area contributed by atoms with Crippen LogP contribution in [0.3, 0.4) is 0 Å². The molecule has 1 aromatic heterocycles. The summed E-state index contributed by atoms with van der Waals surface area (Å²) in [7, 11) is 0. The number of halogens is 3. The minimum Gasteiger partial charge on any atom is -0.439 e. The number of benzene rings is 2. The first-order chi connectivity index (χ1) is 15.2. The van der Waals surface area contributed by atoms with Crippen LogP contribution >= 0.6 is 0 Å². The van der Waals surface area contributed by atoms with Crippen LogP contribution in [0.1, 0.15) is 12.5 Å². The Hall–Kier alpha value is -3.86. The maximum absolute atomic E-state index is 12.8. The van der Waals surface area contributed by atoms with Gasteiger partial charge in [-0.2, -0.15) is 13.2 Å². The number of carbonyl (C=O) groups excluding carboxylic acids is 1. The second-order valence-corrected chi connectivity index (χ2v) is 6.76. The van der Waals surface area contributed by atoms with E-state index in [1.165, 1.54) is 18.5 Å². The van der Waals surface area contributed by atoms with Crippen LogP contribution in [0.4, 0.5) is 35.2 Å². The molecule has 1 atom stereocenters. The van der Waals surface area contributed by atoms with Gasteiger partial charge in [0.2, 0.25) is 5.88 Å². The number of carbonyl (C=O) groups is 1. The van der Waals surface area contributed by atoms with Gasteiger partial charge in [0.15, 0.2) is 0 Å². The number of nitrogens with one attached hydrogen (secondary N) is 3. The predicted molar refractivity (Wildman–Crippen MR) is 113 cm³/mol. The van der Waals surface area contributed by atoms with E-state index in [1.807, 2.05) is 0 Å². The number of hydrogen-bond donors (Lipinski definition) is 4. The van der Waals surface area contributed by atoms with Crippen molar-refractivity contribution >= 4 is 23.2 Å². The highest BCUT2D eigenvalue weighted by atomic mass is 19.4. The molecule has 0 fully saturated rings. The lowest BCUT2D eigenvalue weighted by Crippen LogP contribution is -2.19. The molecule has 0 radical (unpaired) electrons. The van der Waals surface area contributed by atoms with Gasteiger partial charge in [-0.1, -0.05) is 6.07 Å². The summed E-state index contributed by atoms with van der Waals surface area (Å²) in [6, 6.07) is 11.5. The third kappa shape index (κ3) is 6.84. The summed E-state index contributed by atoms with van der Waals surface area (Å²) >= 11 is 0. The molecular formula is C21H20F3N5O3. The van der Waals surface area contributed by atoms with E-state index < -0.39 is 23.9 Å². The lowest BCUT2D eigenvalue weighted by atomic mass is 10.2. The zero-order chi connectivity index (χ0) is 23.1. The van der Waals surface area contributed by atoms with Crippen LogP contribution < -0.4 is 20.7 Å².